The highest BCUT2D eigenvalue weighted by molar-refractivity contribution is 7.80. The van der Waals surface area contributed by atoms with E-state index in [2.05, 4.69) is 4.98 Å². The van der Waals surface area contributed by atoms with Crippen molar-refractivity contribution in [3.8, 4) is 0 Å². The van der Waals surface area contributed by atoms with Crippen molar-refractivity contribution in [1.82, 2.24) is 4.98 Å². The van der Waals surface area contributed by atoms with Gasteiger partial charge in [-0.2, -0.15) is 0 Å². The Hall–Kier alpha value is -2.21. The maximum atomic E-state index is 12.3. The van der Waals surface area contributed by atoms with Gasteiger partial charge in [-0.15, -0.1) is 0 Å². The second-order valence-electron chi connectivity index (χ2n) is 4.01. The average molecular weight is 275 g/mol. The number of aromatic nitrogens is 1. The number of benzene rings is 1. The standard InChI is InChI=1S/C13H13N3O2S/c1-8-11(18-7-15-8)13(17)16(2)10-6-4-3-5-9(10)12(14)19/h3-7H,1-2H3,(H2,14,19). The van der Waals surface area contributed by atoms with Crippen molar-refractivity contribution >= 4 is 28.8 Å². The number of nitrogens with zero attached hydrogens (tertiary/aromatic N) is 2. The van der Waals surface area contributed by atoms with Crippen molar-refractivity contribution < 1.29 is 9.21 Å². The number of carbonyl (C=O) groups is 1. The fourth-order valence-corrected chi connectivity index (χ4v) is 1.92. The quantitative estimate of drug-likeness (QED) is 0.866. The molecule has 1 aromatic carbocycles. The van der Waals surface area contributed by atoms with Crippen LogP contribution in [0.4, 0.5) is 5.69 Å². The first kappa shape index (κ1) is 13.2. The van der Waals surface area contributed by atoms with Gasteiger partial charge >= 0.3 is 0 Å². The first-order chi connectivity index (χ1) is 9.02. The van der Waals surface area contributed by atoms with Crippen LogP contribution in [0.1, 0.15) is 21.8 Å². The fraction of sp³-hybridized carbons (Fsp3) is 0.154. The lowest BCUT2D eigenvalue weighted by Gasteiger charge is -2.19. The molecule has 1 amide bonds. The minimum Gasteiger partial charge on any atom is -0.438 e. The number of thiocarbonyl (C=S) groups is 1. The molecule has 0 aliphatic heterocycles. The number of para-hydroxylation sites is 1. The number of aryl methyl sites for hydroxylation is 1. The van der Waals surface area contributed by atoms with E-state index in [1.807, 2.05) is 12.1 Å². The number of hydrogen-bond acceptors (Lipinski definition) is 4. The van der Waals surface area contributed by atoms with Crippen LogP contribution in [0.15, 0.2) is 35.1 Å². The van der Waals surface area contributed by atoms with Crippen LogP contribution in [0.25, 0.3) is 0 Å². The van der Waals surface area contributed by atoms with Gasteiger partial charge in [0.15, 0.2) is 6.39 Å². The van der Waals surface area contributed by atoms with Gasteiger partial charge < -0.3 is 15.1 Å². The minimum atomic E-state index is -0.293. The number of rotatable bonds is 3. The van der Waals surface area contributed by atoms with Crippen molar-refractivity contribution in [3.05, 3.63) is 47.7 Å². The van der Waals surface area contributed by atoms with E-state index >= 15 is 0 Å². The first-order valence-corrected chi connectivity index (χ1v) is 6.00. The van der Waals surface area contributed by atoms with E-state index in [0.717, 1.165) is 0 Å². The largest absolute Gasteiger partial charge is 0.438 e. The van der Waals surface area contributed by atoms with Crippen molar-refractivity contribution in [1.29, 1.82) is 0 Å². The molecular formula is C13H13N3O2S. The molecule has 0 saturated heterocycles. The van der Waals surface area contributed by atoms with Gasteiger partial charge in [-0.25, -0.2) is 4.98 Å². The summed E-state index contributed by atoms with van der Waals surface area (Å²) in [5.74, 6) is -0.0843. The summed E-state index contributed by atoms with van der Waals surface area (Å²) in [5, 5.41) is 0. The van der Waals surface area contributed by atoms with Gasteiger partial charge in [0.05, 0.1) is 11.4 Å². The molecule has 19 heavy (non-hydrogen) atoms. The van der Waals surface area contributed by atoms with Crippen LogP contribution < -0.4 is 10.6 Å². The molecule has 0 bridgehead atoms. The average Bonchev–Trinajstić information content (AvgIpc) is 2.83. The monoisotopic (exact) mass is 275 g/mol. The van der Waals surface area contributed by atoms with Gasteiger partial charge in [0, 0.05) is 12.6 Å². The molecule has 0 unspecified atom stereocenters. The van der Waals surface area contributed by atoms with Crippen LogP contribution in [-0.4, -0.2) is 22.9 Å². The van der Waals surface area contributed by atoms with E-state index in [1.54, 1.807) is 26.1 Å². The lowest BCUT2D eigenvalue weighted by Crippen LogP contribution is -2.29. The molecule has 5 nitrogen and oxygen atoms in total. The number of anilines is 1. The Morgan fingerprint density at radius 1 is 1.42 bits per heavy atom. The summed E-state index contributed by atoms with van der Waals surface area (Å²) < 4.78 is 5.10. The van der Waals surface area contributed by atoms with Crippen LogP contribution in [0.3, 0.4) is 0 Å². The third-order valence-corrected chi connectivity index (χ3v) is 3.00. The van der Waals surface area contributed by atoms with Gasteiger partial charge in [0.1, 0.15) is 4.99 Å². The highest BCUT2D eigenvalue weighted by Crippen LogP contribution is 2.21. The smallest absolute Gasteiger partial charge is 0.295 e. The zero-order valence-corrected chi connectivity index (χ0v) is 11.4. The highest BCUT2D eigenvalue weighted by Gasteiger charge is 2.21. The summed E-state index contributed by atoms with van der Waals surface area (Å²) in [6.45, 7) is 1.71. The van der Waals surface area contributed by atoms with Crippen molar-refractivity contribution in [2.75, 3.05) is 11.9 Å². The zero-order chi connectivity index (χ0) is 14.0. The topological polar surface area (TPSA) is 72.4 Å². The summed E-state index contributed by atoms with van der Waals surface area (Å²) in [6.07, 6.45) is 1.25. The van der Waals surface area contributed by atoms with Gasteiger partial charge in [-0.1, -0.05) is 24.4 Å². The Bertz CT molecular complexity index is 636. The summed E-state index contributed by atoms with van der Waals surface area (Å²) in [7, 11) is 1.64. The maximum absolute atomic E-state index is 12.3. The summed E-state index contributed by atoms with van der Waals surface area (Å²) >= 11 is 4.99. The number of carbonyl (C=O) groups excluding carboxylic acids is 1. The lowest BCUT2D eigenvalue weighted by atomic mass is 10.1. The Balaban J connectivity index is 2.40. The van der Waals surface area contributed by atoms with Crippen LogP contribution in [0.5, 0.6) is 0 Å². The molecule has 1 heterocycles. The molecule has 2 aromatic rings. The predicted octanol–water partition coefficient (Wildman–Crippen LogP) is 1.89. The van der Waals surface area contributed by atoms with Gasteiger partial charge in [-0.3, -0.25) is 4.79 Å². The maximum Gasteiger partial charge on any atom is 0.295 e. The van der Waals surface area contributed by atoms with Crippen molar-refractivity contribution in [3.63, 3.8) is 0 Å². The molecule has 0 aliphatic rings. The van der Waals surface area contributed by atoms with E-state index in [-0.39, 0.29) is 16.7 Å². The van der Waals surface area contributed by atoms with E-state index in [4.69, 9.17) is 22.4 Å². The van der Waals surface area contributed by atoms with E-state index < -0.39 is 0 Å². The molecule has 0 spiro atoms. The number of hydrogen-bond donors (Lipinski definition) is 1. The van der Waals surface area contributed by atoms with Gasteiger partial charge in [0.25, 0.3) is 5.91 Å². The number of amides is 1. The molecule has 0 aliphatic carbocycles. The highest BCUT2D eigenvalue weighted by atomic mass is 32.1. The first-order valence-electron chi connectivity index (χ1n) is 5.59. The lowest BCUT2D eigenvalue weighted by molar-refractivity contribution is 0.0965. The summed E-state index contributed by atoms with van der Waals surface area (Å²) in [4.78, 5) is 17.9. The number of nitrogens with two attached hydrogens (primary N) is 1. The molecule has 0 saturated carbocycles. The minimum absolute atomic E-state index is 0.209. The Morgan fingerprint density at radius 2 is 2.11 bits per heavy atom. The van der Waals surface area contributed by atoms with Gasteiger partial charge in [-0.05, 0) is 19.1 Å². The van der Waals surface area contributed by atoms with Gasteiger partial charge in [0.2, 0.25) is 5.76 Å². The van der Waals surface area contributed by atoms with Crippen LogP contribution in [-0.2, 0) is 0 Å². The molecular weight excluding hydrogens is 262 g/mol. The number of oxazole rings is 1. The predicted molar refractivity (Wildman–Crippen MR) is 76.3 cm³/mol. The molecule has 0 radical (unpaired) electrons. The molecule has 98 valence electrons. The molecule has 0 fully saturated rings. The zero-order valence-electron chi connectivity index (χ0n) is 10.6. The van der Waals surface area contributed by atoms with E-state index in [0.29, 0.717) is 16.9 Å². The van der Waals surface area contributed by atoms with E-state index in [1.165, 1.54) is 11.3 Å². The summed E-state index contributed by atoms with van der Waals surface area (Å²) in [6, 6.07) is 7.18. The molecule has 1 aromatic heterocycles. The second-order valence-corrected chi connectivity index (χ2v) is 4.45. The Kier molecular flexibility index (Phi) is 3.62. The van der Waals surface area contributed by atoms with Crippen LogP contribution in [0.2, 0.25) is 0 Å². The normalized spacial score (nSPS) is 10.2. The summed E-state index contributed by atoms with van der Waals surface area (Å²) in [5.41, 5.74) is 7.48. The Labute approximate surface area is 116 Å². The third kappa shape index (κ3) is 2.48. The van der Waals surface area contributed by atoms with Crippen LogP contribution >= 0.6 is 12.2 Å². The van der Waals surface area contributed by atoms with Crippen molar-refractivity contribution in [2.45, 2.75) is 6.92 Å². The molecule has 6 heteroatoms. The fourth-order valence-electron chi connectivity index (χ4n) is 1.74. The van der Waals surface area contributed by atoms with Crippen molar-refractivity contribution in [2.24, 2.45) is 5.73 Å². The molecule has 2 N–H and O–H groups in total. The molecule has 2 rings (SSSR count). The molecule has 0 atom stereocenters. The second kappa shape index (κ2) is 5.19. The SMILES string of the molecule is Cc1ncoc1C(=O)N(C)c1ccccc1C(N)=S. The van der Waals surface area contributed by atoms with Crippen LogP contribution in [0, 0.1) is 6.92 Å². The third-order valence-electron chi connectivity index (χ3n) is 2.78. The van der Waals surface area contributed by atoms with E-state index in [9.17, 15) is 4.79 Å². The Morgan fingerprint density at radius 3 is 2.68 bits per heavy atom.